The Morgan fingerprint density at radius 3 is 2.57 bits per heavy atom. The topological polar surface area (TPSA) is 66.9 Å². The Morgan fingerprint density at radius 2 is 1.87 bits per heavy atom. The Morgan fingerprint density at radius 1 is 1.09 bits per heavy atom. The van der Waals surface area contributed by atoms with Crippen LogP contribution < -0.4 is 10.6 Å². The number of hydrogen-bond acceptors (Lipinski definition) is 4. The van der Waals surface area contributed by atoms with Gasteiger partial charge in [0, 0.05) is 11.1 Å². The molecule has 0 atom stereocenters. The van der Waals surface area contributed by atoms with Crippen LogP contribution in [0.3, 0.4) is 0 Å². The summed E-state index contributed by atoms with van der Waals surface area (Å²) in [6.45, 7) is 0. The number of hydrogen-bond donors (Lipinski definition) is 2. The average molecular weight is 351 g/mol. The number of carbonyl (C=O) groups excluding carboxylic acids is 1. The second-order valence-electron chi connectivity index (χ2n) is 5.51. The number of amides is 1. The predicted octanol–water partition coefficient (Wildman–Crippen LogP) is 4.39. The molecule has 3 rings (SSSR count). The van der Waals surface area contributed by atoms with E-state index in [1.165, 1.54) is 12.8 Å². The summed E-state index contributed by atoms with van der Waals surface area (Å²) in [7, 11) is 0. The molecule has 23 heavy (non-hydrogen) atoms. The molecule has 120 valence electrons. The van der Waals surface area contributed by atoms with Crippen molar-refractivity contribution in [2.45, 2.75) is 31.7 Å². The summed E-state index contributed by atoms with van der Waals surface area (Å²) in [5, 5.41) is 14.9. The van der Waals surface area contributed by atoms with Crippen LogP contribution in [0.2, 0.25) is 10.0 Å². The van der Waals surface area contributed by atoms with Gasteiger partial charge in [0.15, 0.2) is 5.69 Å². The van der Waals surface area contributed by atoms with Crippen molar-refractivity contribution in [3.05, 3.63) is 46.1 Å². The first-order valence-corrected chi connectivity index (χ1v) is 8.24. The molecule has 1 aliphatic carbocycles. The van der Waals surface area contributed by atoms with E-state index in [0.717, 1.165) is 12.8 Å². The molecule has 0 saturated heterocycles. The first-order valence-electron chi connectivity index (χ1n) is 7.48. The first kappa shape index (κ1) is 16.0. The minimum absolute atomic E-state index is 0.220. The van der Waals surface area contributed by atoms with E-state index in [9.17, 15) is 4.79 Å². The van der Waals surface area contributed by atoms with Crippen LogP contribution in [0.4, 0.5) is 11.5 Å². The Labute approximate surface area is 144 Å². The molecule has 1 aliphatic rings. The van der Waals surface area contributed by atoms with Crippen LogP contribution in [0, 0.1) is 0 Å². The molecule has 5 nitrogen and oxygen atoms in total. The van der Waals surface area contributed by atoms with Crippen molar-refractivity contribution in [2.75, 3.05) is 10.6 Å². The van der Waals surface area contributed by atoms with E-state index in [-0.39, 0.29) is 11.6 Å². The third-order valence-corrected chi connectivity index (χ3v) is 4.35. The molecule has 0 unspecified atom stereocenters. The van der Waals surface area contributed by atoms with Crippen molar-refractivity contribution in [3.8, 4) is 0 Å². The molecule has 1 saturated carbocycles. The van der Waals surface area contributed by atoms with Gasteiger partial charge in [-0.05, 0) is 43.2 Å². The molecular formula is C16H16Cl2N4O. The quantitative estimate of drug-likeness (QED) is 0.857. The minimum atomic E-state index is -0.380. The maximum absolute atomic E-state index is 12.2. The van der Waals surface area contributed by atoms with E-state index in [1.807, 2.05) is 0 Å². The Kier molecular flexibility index (Phi) is 4.98. The summed E-state index contributed by atoms with van der Waals surface area (Å²) < 4.78 is 0. The molecule has 1 heterocycles. The SMILES string of the molecule is O=C(Nc1cc(Cl)ccc1Cl)c1ccc(NC2CCCC2)nn1. The van der Waals surface area contributed by atoms with E-state index in [2.05, 4.69) is 20.8 Å². The molecule has 0 bridgehead atoms. The Bertz CT molecular complexity index is 700. The lowest BCUT2D eigenvalue weighted by Gasteiger charge is -2.12. The number of benzene rings is 1. The fourth-order valence-corrected chi connectivity index (χ4v) is 2.93. The van der Waals surface area contributed by atoms with E-state index in [1.54, 1.807) is 30.3 Å². The van der Waals surface area contributed by atoms with Crippen LogP contribution in [-0.2, 0) is 0 Å². The fourth-order valence-electron chi connectivity index (χ4n) is 2.59. The van der Waals surface area contributed by atoms with Crippen LogP contribution in [0.15, 0.2) is 30.3 Å². The molecule has 2 N–H and O–H groups in total. The van der Waals surface area contributed by atoms with Crippen molar-refractivity contribution in [1.82, 2.24) is 10.2 Å². The summed E-state index contributed by atoms with van der Waals surface area (Å²) >= 11 is 11.9. The Balaban J connectivity index is 1.66. The molecule has 1 aromatic heterocycles. The van der Waals surface area contributed by atoms with Crippen LogP contribution in [0.5, 0.6) is 0 Å². The van der Waals surface area contributed by atoms with Gasteiger partial charge in [0.2, 0.25) is 0 Å². The number of nitrogens with one attached hydrogen (secondary N) is 2. The zero-order valence-corrected chi connectivity index (χ0v) is 13.9. The van der Waals surface area contributed by atoms with Crippen molar-refractivity contribution >= 4 is 40.6 Å². The maximum Gasteiger partial charge on any atom is 0.276 e. The molecule has 0 radical (unpaired) electrons. The van der Waals surface area contributed by atoms with Gasteiger partial charge in [-0.1, -0.05) is 36.0 Å². The number of aromatic nitrogens is 2. The number of nitrogens with zero attached hydrogens (tertiary/aromatic N) is 2. The lowest BCUT2D eigenvalue weighted by Crippen LogP contribution is -2.18. The van der Waals surface area contributed by atoms with Gasteiger partial charge in [0.1, 0.15) is 5.82 Å². The fraction of sp³-hybridized carbons (Fsp3) is 0.312. The van der Waals surface area contributed by atoms with Gasteiger partial charge in [-0.3, -0.25) is 4.79 Å². The third kappa shape index (κ3) is 4.12. The van der Waals surface area contributed by atoms with Gasteiger partial charge in [-0.2, -0.15) is 0 Å². The monoisotopic (exact) mass is 350 g/mol. The molecule has 0 spiro atoms. The largest absolute Gasteiger partial charge is 0.366 e. The lowest BCUT2D eigenvalue weighted by atomic mass is 10.2. The number of carbonyl (C=O) groups is 1. The summed E-state index contributed by atoms with van der Waals surface area (Å²) in [6, 6.07) is 8.72. The maximum atomic E-state index is 12.2. The number of rotatable bonds is 4. The molecule has 2 aromatic rings. The normalized spacial score (nSPS) is 14.7. The third-order valence-electron chi connectivity index (χ3n) is 3.78. The number of halogens is 2. The van der Waals surface area contributed by atoms with Gasteiger partial charge >= 0.3 is 0 Å². The first-order chi connectivity index (χ1) is 11.1. The molecule has 1 aromatic carbocycles. The van der Waals surface area contributed by atoms with Gasteiger partial charge < -0.3 is 10.6 Å². The number of anilines is 2. The molecule has 0 aliphatic heterocycles. The van der Waals surface area contributed by atoms with Crippen LogP contribution in [-0.4, -0.2) is 22.1 Å². The summed E-state index contributed by atoms with van der Waals surface area (Å²) in [5.41, 5.74) is 0.664. The highest BCUT2D eigenvalue weighted by atomic mass is 35.5. The van der Waals surface area contributed by atoms with Gasteiger partial charge in [-0.15, -0.1) is 10.2 Å². The van der Waals surface area contributed by atoms with Crippen LogP contribution >= 0.6 is 23.2 Å². The van der Waals surface area contributed by atoms with E-state index >= 15 is 0 Å². The minimum Gasteiger partial charge on any atom is -0.366 e. The zero-order valence-electron chi connectivity index (χ0n) is 12.4. The van der Waals surface area contributed by atoms with Gasteiger partial charge in [-0.25, -0.2) is 0 Å². The van der Waals surface area contributed by atoms with Gasteiger partial charge in [0.25, 0.3) is 5.91 Å². The van der Waals surface area contributed by atoms with Crippen molar-refractivity contribution in [1.29, 1.82) is 0 Å². The average Bonchev–Trinajstić information content (AvgIpc) is 3.04. The van der Waals surface area contributed by atoms with E-state index in [4.69, 9.17) is 23.2 Å². The highest BCUT2D eigenvalue weighted by molar-refractivity contribution is 6.35. The summed E-state index contributed by atoms with van der Waals surface area (Å²) in [5.74, 6) is 0.309. The van der Waals surface area contributed by atoms with Crippen LogP contribution in [0.25, 0.3) is 0 Å². The molecule has 7 heteroatoms. The highest BCUT2D eigenvalue weighted by Gasteiger charge is 2.16. The highest BCUT2D eigenvalue weighted by Crippen LogP contribution is 2.26. The van der Waals surface area contributed by atoms with Crippen molar-refractivity contribution < 1.29 is 4.79 Å². The second kappa shape index (κ2) is 7.15. The molecule has 1 amide bonds. The van der Waals surface area contributed by atoms with E-state index < -0.39 is 0 Å². The van der Waals surface area contributed by atoms with Gasteiger partial charge in [0.05, 0.1) is 10.7 Å². The summed E-state index contributed by atoms with van der Waals surface area (Å²) in [4.78, 5) is 12.2. The predicted molar refractivity (Wildman–Crippen MR) is 92.3 cm³/mol. The standard InChI is InChI=1S/C16H16Cl2N4O/c17-10-5-6-12(18)14(9-10)20-16(23)13-7-8-15(22-21-13)19-11-3-1-2-4-11/h5-9,11H,1-4H2,(H,19,22)(H,20,23). The van der Waals surface area contributed by atoms with E-state index in [0.29, 0.717) is 27.6 Å². The smallest absolute Gasteiger partial charge is 0.276 e. The van der Waals surface area contributed by atoms with Crippen molar-refractivity contribution in [3.63, 3.8) is 0 Å². The second-order valence-corrected chi connectivity index (χ2v) is 6.35. The Hall–Kier alpha value is -1.85. The lowest BCUT2D eigenvalue weighted by molar-refractivity contribution is 0.102. The van der Waals surface area contributed by atoms with Crippen LogP contribution in [0.1, 0.15) is 36.2 Å². The summed E-state index contributed by atoms with van der Waals surface area (Å²) in [6.07, 6.45) is 4.78. The molecule has 1 fully saturated rings. The molecular weight excluding hydrogens is 335 g/mol. The van der Waals surface area contributed by atoms with Crippen molar-refractivity contribution in [2.24, 2.45) is 0 Å². The zero-order chi connectivity index (χ0) is 16.2.